The van der Waals surface area contributed by atoms with Crippen LogP contribution in [0.1, 0.15) is 30.7 Å². The van der Waals surface area contributed by atoms with E-state index in [2.05, 4.69) is 46.4 Å². The Morgan fingerprint density at radius 3 is 2.71 bits per heavy atom. The van der Waals surface area contributed by atoms with Crippen molar-refractivity contribution in [2.24, 2.45) is 0 Å². The molecular weight excluding hydrogens is 386 g/mol. The lowest BCUT2D eigenvalue weighted by molar-refractivity contribution is 0.279. The van der Waals surface area contributed by atoms with E-state index < -0.39 is 0 Å². The molecule has 164 valence electrons. The van der Waals surface area contributed by atoms with Gasteiger partial charge >= 0.3 is 0 Å². The van der Waals surface area contributed by atoms with Crippen LogP contribution in [0.2, 0.25) is 0 Å². The number of allylic oxidation sites excluding steroid dienone is 1. The van der Waals surface area contributed by atoms with Gasteiger partial charge in [0.2, 0.25) is 0 Å². The summed E-state index contributed by atoms with van der Waals surface area (Å²) in [6, 6.07) is 14.5. The second kappa shape index (κ2) is 10.5. The van der Waals surface area contributed by atoms with Gasteiger partial charge in [-0.25, -0.2) is 4.98 Å². The van der Waals surface area contributed by atoms with Crippen molar-refractivity contribution in [1.82, 2.24) is 14.5 Å². The minimum Gasteiger partial charge on any atom is -0.493 e. The number of aromatic nitrogens is 2. The molecule has 0 N–H and O–H groups in total. The second-order valence-electron chi connectivity index (χ2n) is 8.15. The molecule has 2 heterocycles. The number of para-hydroxylation sites is 2. The van der Waals surface area contributed by atoms with E-state index in [0.717, 1.165) is 55.2 Å². The normalized spacial score (nSPS) is 14.2. The Labute approximate surface area is 185 Å². The number of benzene rings is 2. The van der Waals surface area contributed by atoms with Crippen molar-refractivity contribution in [3.8, 4) is 11.5 Å². The molecule has 3 aromatic rings. The molecule has 0 amide bonds. The molecule has 0 atom stereocenters. The zero-order valence-corrected chi connectivity index (χ0v) is 18.6. The van der Waals surface area contributed by atoms with Crippen LogP contribution in [0.4, 0.5) is 0 Å². The quantitative estimate of drug-likeness (QED) is 0.415. The SMILES string of the molecule is C=CCc1ccc(OCCn2c(CCCN3CCCC3)nc3ccccc32)c(OC)c1. The van der Waals surface area contributed by atoms with E-state index in [0.29, 0.717) is 6.61 Å². The monoisotopic (exact) mass is 419 g/mol. The molecule has 1 aliphatic heterocycles. The number of hydrogen-bond acceptors (Lipinski definition) is 4. The summed E-state index contributed by atoms with van der Waals surface area (Å²) >= 11 is 0. The van der Waals surface area contributed by atoms with Crippen LogP contribution in [0.25, 0.3) is 11.0 Å². The highest BCUT2D eigenvalue weighted by molar-refractivity contribution is 5.75. The van der Waals surface area contributed by atoms with Gasteiger partial charge in [-0.05, 0) is 75.1 Å². The summed E-state index contributed by atoms with van der Waals surface area (Å²) < 4.78 is 14.0. The molecule has 1 fully saturated rings. The largest absolute Gasteiger partial charge is 0.493 e. The Hall–Kier alpha value is -2.79. The van der Waals surface area contributed by atoms with Crippen LogP contribution in [0.3, 0.4) is 0 Å². The molecule has 2 aromatic carbocycles. The number of fused-ring (bicyclic) bond motifs is 1. The van der Waals surface area contributed by atoms with Crippen LogP contribution in [0.15, 0.2) is 55.1 Å². The highest BCUT2D eigenvalue weighted by Crippen LogP contribution is 2.28. The van der Waals surface area contributed by atoms with E-state index in [1.807, 2.05) is 18.2 Å². The first-order valence-electron chi connectivity index (χ1n) is 11.4. The molecule has 0 radical (unpaired) electrons. The van der Waals surface area contributed by atoms with Crippen LogP contribution < -0.4 is 9.47 Å². The number of rotatable bonds is 11. The minimum atomic E-state index is 0.566. The van der Waals surface area contributed by atoms with Gasteiger partial charge in [0.15, 0.2) is 11.5 Å². The fourth-order valence-corrected chi connectivity index (χ4v) is 4.40. The minimum absolute atomic E-state index is 0.566. The van der Waals surface area contributed by atoms with Gasteiger partial charge in [0.25, 0.3) is 0 Å². The molecule has 1 aliphatic rings. The van der Waals surface area contributed by atoms with Crippen molar-refractivity contribution >= 4 is 11.0 Å². The van der Waals surface area contributed by atoms with Crippen LogP contribution >= 0.6 is 0 Å². The van der Waals surface area contributed by atoms with E-state index >= 15 is 0 Å². The third-order valence-corrected chi connectivity index (χ3v) is 5.99. The van der Waals surface area contributed by atoms with E-state index in [9.17, 15) is 0 Å². The van der Waals surface area contributed by atoms with Crippen LogP contribution in [0.5, 0.6) is 11.5 Å². The van der Waals surface area contributed by atoms with Gasteiger partial charge in [0.05, 0.1) is 24.7 Å². The van der Waals surface area contributed by atoms with E-state index in [4.69, 9.17) is 14.5 Å². The van der Waals surface area contributed by atoms with Gasteiger partial charge in [0.1, 0.15) is 12.4 Å². The molecule has 0 unspecified atom stereocenters. The number of likely N-dealkylation sites (tertiary alicyclic amines) is 1. The highest BCUT2D eigenvalue weighted by Gasteiger charge is 2.14. The van der Waals surface area contributed by atoms with Crippen LogP contribution in [-0.4, -0.2) is 47.8 Å². The predicted molar refractivity (Wildman–Crippen MR) is 126 cm³/mol. The highest BCUT2D eigenvalue weighted by atomic mass is 16.5. The van der Waals surface area contributed by atoms with Crippen LogP contribution in [0, 0.1) is 0 Å². The fourth-order valence-electron chi connectivity index (χ4n) is 4.40. The first kappa shape index (κ1) is 21.4. The lowest BCUT2D eigenvalue weighted by Crippen LogP contribution is -2.21. The van der Waals surface area contributed by atoms with Crippen molar-refractivity contribution in [3.63, 3.8) is 0 Å². The lowest BCUT2D eigenvalue weighted by Gasteiger charge is -2.15. The molecule has 31 heavy (non-hydrogen) atoms. The summed E-state index contributed by atoms with van der Waals surface area (Å²) in [6.07, 6.45) is 7.53. The van der Waals surface area contributed by atoms with Crippen molar-refractivity contribution < 1.29 is 9.47 Å². The summed E-state index contributed by atoms with van der Waals surface area (Å²) in [5.41, 5.74) is 3.40. The summed E-state index contributed by atoms with van der Waals surface area (Å²) in [4.78, 5) is 7.49. The maximum atomic E-state index is 6.12. The Kier molecular flexibility index (Phi) is 7.26. The predicted octanol–water partition coefficient (Wildman–Crippen LogP) is 4.88. The average molecular weight is 420 g/mol. The van der Waals surface area contributed by atoms with Crippen molar-refractivity contribution in [2.75, 3.05) is 33.4 Å². The third kappa shape index (κ3) is 5.28. The topological polar surface area (TPSA) is 39.5 Å². The Balaban J connectivity index is 1.43. The fraction of sp³-hybridized carbons (Fsp3) is 0.423. The molecule has 5 nitrogen and oxygen atoms in total. The zero-order chi connectivity index (χ0) is 21.5. The average Bonchev–Trinajstić information content (AvgIpc) is 3.43. The van der Waals surface area contributed by atoms with Gasteiger partial charge in [-0.15, -0.1) is 6.58 Å². The van der Waals surface area contributed by atoms with Crippen molar-refractivity contribution in [2.45, 2.75) is 38.6 Å². The maximum absolute atomic E-state index is 6.12. The number of aryl methyl sites for hydroxylation is 1. The maximum Gasteiger partial charge on any atom is 0.161 e. The van der Waals surface area contributed by atoms with Gasteiger partial charge in [-0.3, -0.25) is 0 Å². The number of imidazole rings is 1. The standard InChI is InChI=1S/C26H33N3O2/c1-3-9-21-13-14-24(25(20-21)30-2)31-19-18-29-23-11-5-4-10-22(23)27-26(29)12-8-17-28-15-6-7-16-28/h3-5,10-11,13-14,20H,1,6-9,12,15-19H2,2H3. The lowest BCUT2D eigenvalue weighted by atomic mass is 10.1. The van der Waals surface area contributed by atoms with Gasteiger partial charge in [-0.2, -0.15) is 0 Å². The zero-order valence-electron chi connectivity index (χ0n) is 18.6. The van der Waals surface area contributed by atoms with Gasteiger partial charge in [0, 0.05) is 6.42 Å². The Bertz CT molecular complexity index is 1010. The molecule has 1 saturated heterocycles. The molecule has 0 saturated carbocycles. The van der Waals surface area contributed by atoms with E-state index in [-0.39, 0.29) is 0 Å². The molecule has 5 heteroatoms. The summed E-state index contributed by atoms with van der Waals surface area (Å²) in [6.45, 7) is 8.79. The molecule has 0 spiro atoms. The van der Waals surface area contributed by atoms with Crippen molar-refractivity contribution in [3.05, 3.63) is 66.5 Å². The third-order valence-electron chi connectivity index (χ3n) is 5.99. The van der Waals surface area contributed by atoms with Gasteiger partial charge in [-0.1, -0.05) is 24.3 Å². The molecule has 1 aromatic heterocycles. The smallest absolute Gasteiger partial charge is 0.161 e. The van der Waals surface area contributed by atoms with E-state index in [1.165, 1.54) is 37.0 Å². The van der Waals surface area contributed by atoms with E-state index in [1.54, 1.807) is 7.11 Å². The molecular formula is C26H33N3O2. The van der Waals surface area contributed by atoms with Crippen LogP contribution in [-0.2, 0) is 19.4 Å². The summed E-state index contributed by atoms with van der Waals surface area (Å²) in [5, 5.41) is 0. The molecule has 0 bridgehead atoms. The Morgan fingerprint density at radius 2 is 1.90 bits per heavy atom. The van der Waals surface area contributed by atoms with Gasteiger partial charge < -0.3 is 18.9 Å². The summed E-state index contributed by atoms with van der Waals surface area (Å²) in [5.74, 6) is 2.69. The van der Waals surface area contributed by atoms with Crippen molar-refractivity contribution in [1.29, 1.82) is 0 Å². The first-order chi connectivity index (χ1) is 15.3. The number of hydrogen-bond donors (Lipinski definition) is 0. The number of nitrogens with zero attached hydrogens (tertiary/aromatic N) is 3. The molecule has 0 aliphatic carbocycles. The molecule has 4 rings (SSSR count). The Morgan fingerprint density at radius 1 is 1.06 bits per heavy atom. The first-order valence-corrected chi connectivity index (χ1v) is 11.4. The summed E-state index contributed by atoms with van der Waals surface area (Å²) in [7, 11) is 1.68. The number of methoxy groups -OCH3 is 1. The second-order valence-corrected chi connectivity index (χ2v) is 8.15. The number of ether oxygens (including phenoxy) is 2.